The van der Waals surface area contributed by atoms with Crippen molar-refractivity contribution in [2.24, 2.45) is 7.05 Å². The van der Waals surface area contributed by atoms with Gasteiger partial charge < -0.3 is 9.30 Å². The van der Waals surface area contributed by atoms with E-state index in [0.717, 1.165) is 17.4 Å². The number of hydrogen-bond acceptors (Lipinski definition) is 6. The third-order valence-corrected chi connectivity index (χ3v) is 5.47. The molecule has 2 heterocycles. The molecule has 3 rings (SSSR count). The second-order valence-electron chi connectivity index (χ2n) is 5.13. The standard InChI is InChI=1S/C17H17N3O2S2/c1-20-16(10-12-6-5-9-23-12)18-19-17(20)24-11-14(21)13-7-3-4-8-15(13)22-2/h3-9H,10-11H2,1-2H3. The summed E-state index contributed by atoms with van der Waals surface area (Å²) in [6, 6.07) is 11.4. The first-order valence-corrected chi connectivity index (χ1v) is 9.25. The SMILES string of the molecule is COc1ccccc1C(=O)CSc1nnc(Cc2cccs2)n1C. The van der Waals surface area contributed by atoms with E-state index in [2.05, 4.69) is 16.3 Å². The second-order valence-corrected chi connectivity index (χ2v) is 7.10. The van der Waals surface area contributed by atoms with Gasteiger partial charge in [0.05, 0.1) is 18.4 Å². The summed E-state index contributed by atoms with van der Waals surface area (Å²) in [4.78, 5) is 13.7. The van der Waals surface area contributed by atoms with Crippen LogP contribution in [-0.2, 0) is 13.5 Å². The van der Waals surface area contributed by atoms with Gasteiger partial charge in [-0.25, -0.2) is 0 Å². The molecule has 7 heteroatoms. The molecule has 0 aliphatic rings. The van der Waals surface area contributed by atoms with E-state index in [1.165, 1.54) is 16.6 Å². The Morgan fingerprint density at radius 2 is 2.08 bits per heavy atom. The Morgan fingerprint density at radius 3 is 2.83 bits per heavy atom. The van der Waals surface area contributed by atoms with E-state index < -0.39 is 0 Å². The number of thiophene rings is 1. The summed E-state index contributed by atoms with van der Waals surface area (Å²) in [5.74, 6) is 1.80. The van der Waals surface area contributed by atoms with Crippen LogP contribution in [0, 0.1) is 0 Å². The van der Waals surface area contributed by atoms with Crippen LogP contribution in [0.5, 0.6) is 5.75 Å². The molecule has 0 aliphatic heterocycles. The minimum absolute atomic E-state index is 0.0141. The first kappa shape index (κ1) is 16.7. The van der Waals surface area contributed by atoms with E-state index in [1.54, 1.807) is 30.6 Å². The number of aromatic nitrogens is 3. The van der Waals surface area contributed by atoms with Crippen molar-refractivity contribution in [2.45, 2.75) is 11.6 Å². The molecule has 0 N–H and O–H groups in total. The molecule has 5 nitrogen and oxygen atoms in total. The molecule has 0 unspecified atom stereocenters. The van der Waals surface area contributed by atoms with E-state index >= 15 is 0 Å². The molecule has 0 atom stereocenters. The van der Waals surface area contributed by atoms with Gasteiger partial charge in [0.1, 0.15) is 11.6 Å². The van der Waals surface area contributed by atoms with Crippen LogP contribution in [0.25, 0.3) is 0 Å². The molecule has 0 saturated heterocycles. The van der Waals surface area contributed by atoms with Crippen LogP contribution in [0.1, 0.15) is 21.1 Å². The van der Waals surface area contributed by atoms with Crippen molar-refractivity contribution >= 4 is 28.9 Å². The highest BCUT2D eigenvalue weighted by atomic mass is 32.2. The van der Waals surface area contributed by atoms with Gasteiger partial charge in [0.25, 0.3) is 0 Å². The second kappa shape index (κ2) is 7.63. The van der Waals surface area contributed by atoms with Gasteiger partial charge >= 0.3 is 0 Å². The Bertz CT molecular complexity index is 828. The monoisotopic (exact) mass is 359 g/mol. The fraction of sp³-hybridized carbons (Fsp3) is 0.235. The lowest BCUT2D eigenvalue weighted by Gasteiger charge is -2.07. The maximum Gasteiger partial charge on any atom is 0.191 e. The Morgan fingerprint density at radius 1 is 1.25 bits per heavy atom. The van der Waals surface area contributed by atoms with Gasteiger partial charge in [-0.1, -0.05) is 30.0 Å². The lowest BCUT2D eigenvalue weighted by Crippen LogP contribution is -2.06. The van der Waals surface area contributed by atoms with Crippen molar-refractivity contribution in [2.75, 3.05) is 12.9 Å². The molecular weight excluding hydrogens is 342 g/mol. The van der Waals surface area contributed by atoms with Gasteiger partial charge in [-0.3, -0.25) is 4.79 Å². The summed E-state index contributed by atoms with van der Waals surface area (Å²) in [5, 5.41) is 11.2. The lowest BCUT2D eigenvalue weighted by molar-refractivity contribution is 0.101. The number of ketones is 1. The van der Waals surface area contributed by atoms with E-state index in [4.69, 9.17) is 4.74 Å². The molecule has 0 spiro atoms. The summed E-state index contributed by atoms with van der Waals surface area (Å²) >= 11 is 3.09. The van der Waals surface area contributed by atoms with Crippen molar-refractivity contribution in [3.63, 3.8) is 0 Å². The van der Waals surface area contributed by atoms with Crippen molar-refractivity contribution < 1.29 is 9.53 Å². The maximum atomic E-state index is 12.4. The molecule has 3 aromatic rings. The smallest absolute Gasteiger partial charge is 0.191 e. The first-order valence-electron chi connectivity index (χ1n) is 7.38. The van der Waals surface area contributed by atoms with E-state index in [-0.39, 0.29) is 5.78 Å². The van der Waals surface area contributed by atoms with Crippen molar-refractivity contribution in [3.05, 3.63) is 58.0 Å². The Hall–Kier alpha value is -2.12. The molecule has 1 aromatic carbocycles. The van der Waals surface area contributed by atoms with E-state index in [9.17, 15) is 4.79 Å². The molecule has 124 valence electrons. The van der Waals surface area contributed by atoms with Crippen molar-refractivity contribution in [1.82, 2.24) is 14.8 Å². The minimum atomic E-state index is 0.0141. The number of benzene rings is 1. The number of hydrogen-bond donors (Lipinski definition) is 0. The summed E-state index contributed by atoms with van der Waals surface area (Å²) < 4.78 is 7.19. The fourth-order valence-corrected chi connectivity index (χ4v) is 3.79. The minimum Gasteiger partial charge on any atom is -0.496 e. The zero-order valence-electron chi connectivity index (χ0n) is 13.4. The van der Waals surface area contributed by atoms with Crippen LogP contribution in [0.3, 0.4) is 0 Å². The molecule has 0 amide bonds. The molecule has 0 saturated carbocycles. The molecule has 2 aromatic heterocycles. The molecule has 0 bridgehead atoms. The van der Waals surface area contributed by atoms with Crippen molar-refractivity contribution in [3.8, 4) is 5.75 Å². The summed E-state index contributed by atoms with van der Waals surface area (Å²) in [6.45, 7) is 0. The van der Waals surface area contributed by atoms with Gasteiger partial charge in [0.2, 0.25) is 0 Å². The van der Waals surface area contributed by atoms with Crippen LogP contribution in [0.15, 0.2) is 46.9 Å². The van der Waals surface area contributed by atoms with Crippen LogP contribution < -0.4 is 4.74 Å². The third-order valence-electron chi connectivity index (χ3n) is 3.58. The number of rotatable bonds is 7. The number of carbonyl (C=O) groups excluding carboxylic acids is 1. The molecule has 0 fully saturated rings. The summed E-state index contributed by atoms with van der Waals surface area (Å²) in [5.41, 5.74) is 0.591. The summed E-state index contributed by atoms with van der Waals surface area (Å²) in [7, 11) is 3.50. The highest BCUT2D eigenvalue weighted by Crippen LogP contribution is 2.23. The Labute approximate surface area is 148 Å². The van der Waals surface area contributed by atoms with E-state index in [0.29, 0.717) is 17.1 Å². The van der Waals surface area contributed by atoms with Crippen LogP contribution >= 0.6 is 23.1 Å². The number of thioether (sulfide) groups is 1. The van der Waals surface area contributed by atoms with Gasteiger partial charge in [0.15, 0.2) is 10.9 Å². The van der Waals surface area contributed by atoms with Crippen molar-refractivity contribution in [1.29, 1.82) is 0 Å². The maximum absolute atomic E-state index is 12.4. The number of carbonyl (C=O) groups is 1. The molecular formula is C17H17N3O2S2. The van der Waals surface area contributed by atoms with Crippen LogP contribution in [0.2, 0.25) is 0 Å². The largest absolute Gasteiger partial charge is 0.496 e. The fourth-order valence-electron chi connectivity index (χ4n) is 2.28. The zero-order valence-corrected chi connectivity index (χ0v) is 15.1. The van der Waals surface area contributed by atoms with Gasteiger partial charge in [-0.05, 0) is 23.6 Å². The molecule has 24 heavy (non-hydrogen) atoms. The normalized spacial score (nSPS) is 10.8. The average molecular weight is 359 g/mol. The number of Topliss-reactive ketones (excluding diaryl/α,β-unsaturated/α-hetero) is 1. The number of para-hydroxylation sites is 1. The predicted molar refractivity (Wildman–Crippen MR) is 96.2 cm³/mol. The molecule has 0 radical (unpaired) electrons. The Balaban J connectivity index is 1.66. The highest BCUT2D eigenvalue weighted by Gasteiger charge is 2.15. The number of ether oxygens (including phenoxy) is 1. The Kier molecular flexibility index (Phi) is 5.32. The molecule has 0 aliphatic carbocycles. The number of methoxy groups -OCH3 is 1. The topological polar surface area (TPSA) is 57.0 Å². The average Bonchev–Trinajstić information content (AvgIpc) is 3.24. The van der Waals surface area contributed by atoms with Crippen LogP contribution in [-0.4, -0.2) is 33.4 Å². The van der Waals surface area contributed by atoms with Gasteiger partial charge in [-0.15, -0.1) is 21.5 Å². The van der Waals surface area contributed by atoms with E-state index in [1.807, 2.05) is 35.2 Å². The quantitative estimate of drug-likeness (QED) is 0.478. The van der Waals surface area contributed by atoms with Gasteiger partial charge in [-0.2, -0.15) is 0 Å². The first-order chi connectivity index (χ1) is 11.7. The van der Waals surface area contributed by atoms with Crippen LogP contribution in [0.4, 0.5) is 0 Å². The summed E-state index contributed by atoms with van der Waals surface area (Å²) in [6.07, 6.45) is 0.752. The number of nitrogens with zero attached hydrogens (tertiary/aromatic N) is 3. The zero-order chi connectivity index (χ0) is 16.9. The highest BCUT2D eigenvalue weighted by molar-refractivity contribution is 7.99. The van der Waals surface area contributed by atoms with Gasteiger partial charge in [0, 0.05) is 18.3 Å². The predicted octanol–water partition coefficient (Wildman–Crippen LogP) is 3.45. The lowest BCUT2D eigenvalue weighted by atomic mass is 10.1. The third kappa shape index (κ3) is 3.68.